The maximum absolute atomic E-state index is 11.9. The summed E-state index contributed by atoms with van der Waals surface area (Å²) in [5, 5.41) is 1.66. The monoisotopic (exact) mass is 474 g/mol. The molecule has 0 amide bonds. The van der Waals surface area contributed by atoms with Crippen LogP contribution in [0, 0.1) is 0 Å². The van der Waals surface area contributed by atoms with Gasteiger partial charge in [0.1, 0.15) is 18.5 Å². The highest BCUT2D eigenvalue weighted by atomic mass is 16.7. The fourth-order valence-corrected chi connectivity index (χ4v) is 3.71. The molecule has 0 N–H and O–H groups in total. The maximum Gasteiger partial charge on any atom is 0.303 e. The third kappa shape index (κ3) is 6.22. The van der Waals surface area contributed by atoms with Crippen LogP contribution in [-0.4, -0.2) is 61.2 Å². The Hall–Kier alpha value is -3.66. The Labute approximate surface area is 196 Å². The SMILES string of the molecule is CC(=O)OC[C@@H]1O[C@H](Oc2cccc3ccccc23)[C@@H](OC(C)=O)[C@H](OC(C)=O)[C@H]1OC(C)=O. The third-order valence-electron chi connectivity index (χ3n) is 4.94. The van der Waals surface area contributed by atoms with Crippen LogP contribution in [-0.2, 0) is 42.9 Å². The van der Waals surface area contributed by atoms with Crippen molar-refractivity contribution in [3.05, 3.63) is 42.5 Å². The lowest BCUT2D eigenvalue weighted by Gasteiger charge is -2.44. The van der Waals surface area contributed by atoms with Gasteiger partial charge in [-0.2, -0.15) is 0 Å². The van der Waals surface area contributed by atoms with Gasteiger partial charge >= 0.3 is 23.9 Å². The average Bonchev–Trinajstić information content (AvgIpc) is 2.75. The van der Waals surface area contributed by atoms with Gasteiger partial charge in [-0.25, -0.2) is 0 Å². The van der Waals surface area contributed by atoms with E-state index in [0.29, 0.717) is 5.75 Å². The lowest BCUT2D eigenvalue weighted by Crippen LogP contribution is -2.63. The number of esters is 4. The lowest BCUT2D eigenvalue weighted by molar-refractivity contribution is -0.288. The Morgan fingerprint density at radius 2 is 1.32 bits per heavy atom. The maximum atomic E-state index is 11.9. The van der Waals surface area contributed by atoms with E-state index >= 15 is 0 Å². The smallest absolute Gasteiger partial charge is 0.303 e. The zero-order valence-electron chi connectivity index (χ0n) is 19.2. The quantitative estimate of drug-likeness (QED) is 0.436. The van der Waals surface area contributed by atoms with Gasteiger partial charge in [-0.1, -0.05) is 36.4 Å². The molecular weight excluding hydrogens is 448 g/mol. The Bertz CT molecular complexity index is 1060. The van der Waals surface area contributed by atoms with Gasteiger partial charge in [0.2, 0.25) is 12.4 Å². The molecule has 5 atom stereocenters. The van der Waals surface area contributed by atoms with Crippen molar-refractivity contribution in [1.82, 2.24) is 0 Å². The Balaban J connectivity index is 2.03. The van der Waals surface area contributed by atoms with E-state index in [9.17, 15) is 19.2 Å². The summed E-state index contributed by atoms with van der Waals surface area (Å²) in [5.41, 5.74) is 0. The number of rotatable bonds is 7. The van der Waals surface area contributed by atoms with Crippen molar-refractivity contribution < 1.29 is 47.6 Å². The number of ether oxygens (including phenoxy) is 6. The zero-order valence-corrected chi connectivity index (χ0v) is 19.2. The summed E-state index contributed by atoms with van der Waals surface area (Å²) >= 11 is 0. The predicted molar refractivity (Wildman–Crippen MR) is 117 cm³/mol. The van der Waals surface area contributed by atoms with E-state index in [2.05, 4.69) is 0 Å². The minimum Gasteiger partial charge on any atom is -0.463 e. The number of carbonyl (C=O) groups excluding carboxylic acids is 4. The first-order valence-corrected chi connectivity index (χ1v) is 10.6. The molecule has 1 aliphatic rings. The number of hydrogen-bond donors (Lipinski definition) is 0. The van der Waals surface area contributed by atoms with Crippen LogP contribution in [0.15, 0.2) is 42.5 Å². The standard InChI is InChI=1S/C24H26O10/c1-13(25)29-12-20-21(30-14(2)26)22(31-15(3)27)23(32-16(4)28)24(34-20)33-19-11-7-9-17-8-5-6-10-18(17)19/h5-11,20-24H,12H2,1-4H3/t20-,21-,22+,23-,24-/m0/s1. The van der Waals surface area contributed by atoms with Crippen molar-refractivity contribution >= 4 is 34.6 Å². The van der Waals surface area contributed by atoms with Crippen molar-refractivity contribution in [3.63, 3.8) is 0 Å². The van der Waals surface area contributed by atoms with Crippen LogP contribution in [0.2, 0.25) is 0 Å². The van der Waals surface area contributed by atoms with Crippen LogP contribution in [0.5, 0.6) is 5.75 Å². The normalized spacial score (nSPS) is 24.1. The Morgan fingerprint density at radius 3 is 1.97 bits per heavy atom. The number of benzene rings is 2. The van der Waals surface area contributed by atoms with E-state index in [1.807, 2.05) is 30.3 Å². The first-order chi connectivity index (χ1) is 16.2. The molecule has 3 rings (SSSR count). The molecule has 1 aliphatic heterocycles. The molecule has 0 aromatic heterocycles. The van der Waals surface area contributed by atoms with Crippen molar-refractivity contribution in [2.75, 3.05) is 6.61 Å². The van der Waals surface area contributed by atoms with Gasteiger partial charge in [-0.3, -0.25) is 19.2 Å². The number of carbonyl (C=O) groups is 4. The summed E-state index contributed by atoms with van der Waals surface area (Å²) in [6.07, 6.45) is -6.19. The van der Waals surface area contributed by atoms with Crippen molar-refractivity contribution in [2.24, 2.45) is 0 Å². The Morgan fingerprint density at radius 1 is 0.735 bits per heavy atom. The fraction of sp³-hybridized carbons (Fsp3) is 0.417. The number of fused-ring (bicyclic) bond motifs is 1. The molecular formula is C24H26O10. The van der Waals surface area contributed by atoms with Crippen LogP contribution in [0.3, 0.4) is 0 Å². The van der Waals surface area contributed by atoms with Gasteiger partial charge in [0.15, 0.2) is 12.2 Å². The predicted octanol–water partition coefficient (Wildman–Crippen LogP) is 2.30. The highest BCUT2D eigenvalue weighted by molar-refractivity contribution is 5.88. The first kappa shape index (κ1) is 25.0. The highest BCUT2D eigenvalue weighted by Crippen LogP contribution is 2.33. The van der Waals surface area contributed by atoms with Crippen molar-refractivity contribution in [2.45, 2.75) is 58.4 Å². The van der Waals surface area contributed by atoms with E-state index in [4.69, 9.17) is 28.4 Å². The molecule has 10 heteroatoms. The molecule has 10 nitrogen and oxygen atoms in total. The van der Waals surface area contributed by atoms with Crippen molar-refractivity contribution in [1.29, 1.82) is 0 Å². The molecule has 182 valence electrons. The molecule has 2 aromatic carbocycles. The van der Waals surface area contributed by atoms with Crippen LogP contribution in [0.1, 0.15) is 27.7 Å². The van der Waals surface area contributed by atoms with Gasteiger partial charge in [0.05, 0.1) is 0 Å². The molecule has 0 bridgehead atoms. The van der Waals surface area contributed by atoms with E-state index in [-0.39, 0.29) is 6.61 Å². The summed E-state index contributed by atoms with van der Waals surface area (Å²) in [6.45, 7) is 4.37. The Kier molecular flexibility index (Phi) is 8.06. The second kappa shape index (κ2) is 11.0. The van der Waals surface area contributed by atoms with E-state index in [0.717, 1.165) is 24.6 Å². The largest absolute Gasteiger partial charge is 0.463 e. The second-order valence-corrected chi connectivity index (χ2v) is 7.66. The second-order valence-electron chi connectivity index (χ2n) is 7.66. The van der Waals surface area contributed by atoms with Gasteiger partial charge in [-0.15, -0.1) is 0 Å². The summed E-state index contributed by atoms with van der Waals surface area (Å²) < 4.78 is 33.4. The molecule has 1 heterocycles. The fourth-order valence-electron chi connectivity index (χ4n) is 3.71. The van der Waals surface area contributed by atoms with E-state index < -0.39 is 54.6 Å². The number of hydrogen-bond acceptors (Lipinski definition) is 10. The highest BCUT2D eigenvalue weighted by Gasteiger charge is 2.53. The topological polar surface area (TPSA) is 124 Å². The molecule has 0 aliphatic carbocycles. The summed E-state index contributed by atoms with van der Waals surface area (Å²) in [7, 11) is 0. The molecule has 1 saturated heterocycles. The summed E-state index contributed by atoms with van der Waals surface area (Å²) in [5.74, 6) is -2.29. The molecule has 0 spiro atoms. The molecule has 2 aromatic rings. The molecule has 0 saturated carbocycles. The van der Waals surface area contributed by atoms with Gasteiger partial charge in [0.25, 0.3) is 0 Å². The minimum atomic E-state index is -1.29. The first-order valence-electron chi connectivity index (χ1n) is 10.6. The van der Waals surface area contributed by atoms with Gasteiger partial charge < -0.3 is 28.4 Å². The molecule has 34 heavy (non-hydrogen) atoms. The molecule has 0 unspecified atom stereocenters. The van der Waals surface area contributed by atoms with E-state index in [1.165, 1.54) is 13.8 Å². The summed E-state index contributed by atoms with van der Waals surface area (Å²) in [6, 6.07) is 12.8. The molecule has 0 radical (unpaired) electrons. The van der Waals surface area contributed by atoms with Gasteiger partial charge in [0, 0.05) is 33.1 Å². The molecule has 1 fully saturated rings. The zero-order chi connectivity index (χ0) is 24.8. The minimum absolute atomic E-state index is 0.326. The summed E-state index contributed by atoms with van der Waals surface area (Å²) in [4.78, 5) is 47.1. The van der Waals surface area contributed by atoms with E-state index in [1.54, 1.807) is 12.1 Å². The third-order valence-corrected chi connectivity index (χ3v) is 4.94. The lowest BCUT2D eigenvalue weighted by atomic mass is 9.98. The van der Waals surface area contributed by atoms with Crippen LogP contribution in [0.25, 0.3) is 10.8 Å². The van der Waals surface area contributed by atoms with Crippen LogP contribution in [0.4, 0.5) is 0 Å². The van der Waals surface area contributed by atoms with Crippen molar-refractivity contribution in [3.8, 4) is 5.75 Å². The van der Waals surface area contributed by atoms with Crippen LogP contribution >= 0.6 is 0 Å². The van der Waals surface area contributed by atoms with Gasteiger partial charge in [-0.05, 0) is 11.5 Å². The van der Waals surface area contributed by atoms with Crippen LogP contribution < -0.4 is 4.74 Å². The average molecular weight is 474 g/mol.